The number of carbonyl (C=O) groups excluding carboxylic acids is 1. The van der Waals surface area contributed by atoms with Crippen molar-refractivity contribution < 1.29 is 22.7 Å². The van der Waals surface area contributed by atoms with Crippen LogP contribution >= 0.6 is 0 Å². The van der Waals surface area contributed by atoms with Crippen LogP contribution in [0.3, 0.4) is 0 Å². The summed E-state index contributed by atoms with van der Waals surface area (Å²) in [5.74, 6) is -0.277. The number of ether oxygens (including phenoxy) is 1. The van der Waals surface area contributed by atoms with Crippen LogP contribution in [0.25, 0.3) is 0 Å². The molecule has 0 unspecified atom stereocenters. The van der Waals surface area contributed by atoms with Crippen molar-refractivity contribution in [3.63, 3.8) is 0 Å². The number of nitrogens with one attached hydrogen (secondary N) is 1. The molecule has 1 amide bonds. The second-order valence-electron chi connectivity index (χ2n) is 5.47. The highest BCUT2D eigenvalue weighted by atomic mass is 19.4. The van der Waals surface area contributed by atoms with Crippen molar-refractivity contribution in [1.29, 1.82) is 0 Å². The fourth-order valence-electron chi connectivity index (χ4n) is 2.14. The molecule has 0 bridgehead atoms. The number of aryl methyl sites for hydroxylation is 1. The molecule has 0 aliphatic carbocycles. The molecule has 0 fully saturated rings. The SMILES string of the molecule is COc1cccc(NC(=O)[C@@H](C)Cn2nc(C(F)(F)F)cc2C)c1. The van der Waals surface area contributed by atoms with Gasteiger partial charge in [-0.1, -0.05) is 13.0 Å². The topological polar surface area (TPSA) is 56.1 Å². The first kappa shape index (κ1) is 17.8. The van der Waals surface area contributed by atoms with Gasteiger partial charge in [-0.15, -0.1) is 0 Å². The van der Waals surface area contributed by atoms with E-state index in [1.807, 2.05) is 0 Å². The lowest BCUT2D eigenvalue weighted by atomic mass is 10.1. The van der Waals surface area contributed by atoms with Crippen molar-refractivity contribution in [2.24, 2.45) is 5.92 Å². The van der Waals surface area contributed by atoms with Gasteiger partial charge in [0.25, 0.3) is 0 Å². The number of aromatic nitrogens is 2. The highest BCUT2D eigenvalue weighted by Crippen LogP contribution is 2.28. The Labute approximate surface area is 137 Å². The number of amides is 1. The zero-order chi connectivity index (χ0) is 17.9. The third kappa shape index (κ3) is 4.27. The number of hydrogen-bond donors (Lipinski definition) is 1. The zero-order valence-electron chi connectivity index (χ0n) is 13.5. The Bertz CT molecular complexity index is 726. The molecule has 1 heterocycles. The van der Waals surface area contributed by atoms with E-state index in [9.17, 15) is 18.0 Å². The molecule has 1 aromatic carbocycles. The molecule has 8 heteroatoms. The van der Waals surface area contributed by atoms with Gasteiger partial charge in [0.1, 0.15) is 5.75 Å². The van der Waals surface area contributed by atoms with Gasteiger partial charge >= 0.3 is 6.18 Å². The van der Waals surface area contributed by atoms with Crippen molar-refractivity contribution in [3.8, 4) is 5.75 Å². The molecule has 2 rings (SSSR count). The number of methoxy groups -OCH3 is 1. The Kier molecular flexibility index (Phi) is 5.16. The van der Waals surface area contributed by atoms with Crippen LogP contribution in [0, 0.1) is 12.8 Å². The molecule has 5 nitrogen and oxygen atoms in total. The Morgan fingerprint density at radius 3 is 2.67 bits per heavy atom. The molecule has 0 aliphatic heterocycles. The predicted molar refractivity (Wildman–Crippen MR) is 82.8 cm³/mol. The van der Waals surface area contributed by atoms with E-state index in [0.717, 1.165) is 6.07 Å². The monoisotopic (exact) mass is 341 g/mol. The minimum Gasteiger partial charge on any atom is -0.497 e. The summed E-state index contributed by atoms with van der Waals surface area (Å²) in [4.78, 5) is 12.2. The molecule has 0 spiro atoms. The summed E-state index contributed by atoms with van der Waals surface area (Å²) >= 11 is 0. The van der Waals surface area contributed by atoms with Gasteiger partial charge in [-0.2, -0.15) is 18.3 Å². The number of hydrogen-bond acceptors (Lipinski definition) is 3. The zero-order valence-corrected chi connectivity index (χ0v) is 13.5. The van der Waals surface area contributed by atoms with Gasteiger partial charge in [0, 0.05) is 17.4 Å². The number of halogens is 3. The second kappa shape index (κ2) is 6.94. The quantitative estimate of drug-likeness (QED) is 0.906. The summed E-state index contributed by atoms with van der Waals surface area (Å²) in [6.07, 6.45) is -4.50. The second-order valence-corrected chi connectivity index (χ2v) is 5.47. The van der Waals surface area contributed by atoms with Crippen molar-refractivity contribution in [3.05, 3.63) is 41.7 Å². The summed E-state index contributed by atoms with van der Waals surface area (Å²) in [6, 6.07) is 7.80. The molecule has 1 aromatic heterocycles. The standard InChI is InChI=1S/C16H18F3N3O2/c1-10(9-22-11(2)7-14(21-22)16(17,18)19)15(23)20-12-5-4-6-13(8-12)24-3/h4-8,10H,9H2,1-3H3,(H,20,23)/t10-/m0/s1. The van der Waals surface area contributed by atoms with Crippen LogP contribution in [0.1, 0.15) is 18.3 Å². The van der Waals surface area contributed by atoms with E-state index in [-0.39, 0.29) is 12.5 Å². The highest BCUT2D eigenvalue weighted by molar-refractivity contribution is 5.92. The van der Waals surface area contributed by atoms with Gasteiger partial charge in [0.2, 0.25) is 5.91 Å². The molecular weight excluding hydrogens is 323 g/mol. The summed E-state index contributed by atoms with van der Waals surface area (Å²) in [7, 11) is 1.52. The molecule has 0 saturated heterocycles. The highest BCUT2D eigenvalue weighted by Gasteiger charge is 2.34. The van der Waals surface area contributed by atoms with E-state index in [1.54, 1.807) is 31.2 Å². The maximum atomic E-state index is 12.7. The maximum absolute atomic E-state index is 12.7. The summed E-state index contributed by atoms with van der Waals surface area (Å²) < 4.78 is 44.3. The number of anilines is 1. The van der Waals surface area contributed by atoms with E-state index < -0.39 is 17.8 Å². The van der Waals surface area contributed by atoms with Crippen LogP contribution in [0.4, 0.5) is 18.9 Å². The van der Waals surface area contributed by atoms with E-state index in [4.69, 9.17) is 4.74 Å². The van der Waals surface area contributed by atoms with Crippen molar-refractivity contribution in [2.75, 3.05) is 12.4 Å². The summed E-state index contributed by atoms with van der Waals surface area (Å²) in [5.41, 5.74) is -0.0527. The molecule has 24 heavy (non-hydrogen) atoms. The average Bonchev–Trinajstić information content (AvgIpc) is 2.88. The molecular formula is C16H18F3N3O2. The maximum Gasteiger partial charge on any atom is 0.435 e. The first-order chi connectivity index (χ1) is 11.2. The average molecular weight is 341 g/mol. The molecule has 0 saturated carbocycles. The van der Waals surface area contributed by atoms with E-state index >= 15 is 0 Å². The Morgan fingerprint density at radius 2 is 2.08 bits per heavy atom. The normalized spacial score (nSPS) is 12.8. The number of carbonyl (C=O) groups is 1. The molecule has 2 aromatic rings. The summed E-state index contributed by atoms with van der Waals surface area (Å²) in [5, 5.41) is 6.24. The van der Waals surface area contributed by atoms with Crippen molar-refractivity contribution in [1.82, 2.24) is 9.78 Å². The number of alkyl halides is 3. The predicted octanol–water partition coefficient (Wildman–Crippen LogP) is 3.49. The lowest BCUT2D eigenvalue weighted by Crippen LogP contribution is -2.25. The van der Waals surface area contributed by atoms with Gasteiger partial charge in [0.15, 0.2) is 5.69 Å². The van der Waals surface area contributed by atoms with Gasteiger partial charge < -0.3 is 10.1 Å². The lowest BCUT2D eigenvalue weighted by Gasteiger charge is -2.14. The van der Waals surface area contributed by atoms with Crippen LogP contribution in [0.2, 0.25) is 0 Å². The minimum atomic E-state index is -4.50. The first-order valence-corrected chi connectivity index (χ1v) is 7.27. The fourth-order valence-corrected chi connectivity index (χ4v) is 2.14. The van der Waals surface area contributed by atoms with Crippen LogP contribution in [0.5, 0.6) is 5.75 Å². The first-order valence-electron chi connectivity index (χ1n) is 7.27. The number of rotatable bonds is 5. The van der Waals surface area contributed by atoms with E-state index in [0.29, 0.717) is 17.1 Å². The Hall–Kier alpha value is -2.51. The van der Waals surface area contributed by atoms with E-state index in [2.05, 4.69) is 10.4 Å². The van der Waals surface area contributed by atoms with Crippen LogP contribution < -0.4 is 10.1 Å². The molecule has 0 radical (unpaired) electrons. The van der Waals surface area contributed by atoms with Gasteiger partial charge in [-0.25, -0.2) is 0 Å². The molecule has 1 atom stereocenters. The van der Waals surface area contributed by atoms with Crippen LogP contribution in [0.15, 0.2) is 30.3 Å². The molecule has 0 aliphatic rings. The van der Waals surface area contributed by atoms with E-state index in [1.165, 1.54) is 18.7 Å². The smallest absolute Gasteiger partial charge is 0.435 e. The third-order valence-electron chi connectivity index (χ3n) is 3.50. The van der Waals surface area contributed by atoms with Gasteiger partial charge in [-0.05, 0) is 25.1 Å². The van der Waals surface area contributed by atoms with Gasteiger partial charge in [-0.3, -0.25) is 9.48 Å². The number of benzene rings is 1. The van der Waals surface area contributed by atoms with Crippen molar-refractivity contribution in [2.45, 2.75) is 26.6 Å². The van der Waals surface area contributed by atoms with Gasteiger partial charge in [0.05, 0.1) is 19.6 Å². The lowest BCUT2D eigenvalue weighted by molar-refractivity contribution is -0.141. The Balaban J connectivity index is 2.05. The van der Waals surface area contributed by atoms with Crippen LogP contribution in [-0.4, -0.2) is 22.8 Å². The molecule has 1 N–H and O–H groups in total. The molecule has 130 valence electrons. The summed E-state index contributed by atoms with van der Waals surface area (Å²) in [6.45, 7) is 3.20. The largest absolute Gasteiger partial charge is 0.497 e. The minimum absolute atomic E-state index is 0.0533. The third-order valence-corrected chi connectivity index (χ3v) is 3.50. The van der Waals surface area contributed by atoms with Crippen LogP contribution in [-0.2, 0) is 17.5 Å². The Morgan fingerprint density at radius 1 is 1.38 bits per heavy atom. The van der Waals surface area contributed by atoms with Crippen molar-refractivity contribution >= 4 is 11.6 Å². The number of nitrogens with zero attached hydrogens (tertiary/aromatic N) is 2. The fraction of sp³-hybridized carbons (Fsp3) is 0.375.